The second-order valence-corrected chi connectivity index (χ2v) is 5.32. The van der Waals surface area contributed by atoms with Crippen molar-refractivity contribution < 1.29 is 32.7 Å². The summed E-state index contributed by atoms with van der Waals surface area (Å²) < 4.78 is 39.2. The van der Waals surface area contributed by atoms with Crippen LogP contribution in [-0.2, 0) is 11.3 Å². The summed E-state index contributed by atoms with van der Waals surface area (Å²) in [5, 5.41) is 15.7. The number of nitrogens with zero attached hydrogens (tertiary/aromatic N) is 2. The van der Waals surface area contributed by atoms with Gasteiger partial charge in [-0.05, 0) is 24.6 Å². The maximum atomic E-state index is 12.4. The number of aliphatic carboxylic acids is 1. The number of halogens is 3. The topological polar surface area (TPSA) is 107 Å². The first kappa shape index (κ1) is 22.6. The van der Waals surface area contributed by atoms with Gasteiger partial charge in [0.2, 0.25) is 11.7 Å². The van der Waals surface area contributed by atoms with E-state index in [4.69, 9.17) is 14.4 Å². The predicted molar refractivity (Wildman–Crippen MR) is 93.3 cm³/mol. The number of nitrogens with one attached hydrogen (secondary N) is 1. The molecular formula is C16H20ClF2N3O5. The summed E-state index contributed by atoms with van der Waals surface area (Å²) in [6.45, 7) is -0.992. The Morgan fingerprint density at radius 1 is 1.37 bits per heavy atom. The zero-order valence-corrected chi connectivity index (χ0v) is 15.5. The number of ether oxygens (including phenoxy) is 2. The van der Waals surface area contributed by atoms with Crippen LogP contribution < -0.4 is 14.8 Å². The molecule has 8 nitrogen and oxygen atoms in total. The number of carboxylic acid groups (broad SMARTS) is 1. The summed E-state index contributed by atoms with van der Waals surface area (Å²) in [6, 6.07) is 3.54. The molecule has 150 valence electrons. The lowest BCUT2D eigenvalue weighted by molar-refractivity contribution is -0.139. The molecule has 11 heteroatoms. The normalized spacial score (nSPS) is 11.7. The molecule has 1 atom stereocenters. The van der Waals surface area contributed by atoms with Crippen molar-refractivity contribution in [3.63, 3.8) is 0 Å². The van der Waals surface area contributed by atoms with Crippen LogP contribution in [0.5, 0.6) is 11.5 Å². The van der Waals surface area contributed by atoms with Crippen LogP contribution in [0.4, 0.5) is 8.78 Å². The molecule has 1 aromatic heterocycles. The molecule has 27 heavy (non-hydrogen) atoms. The SMILES string of the molecule is CCCC(NCc1nc(-c2ccc(OC(F)F)c(OC)c2)no1)C(=O)O.Cl. The highest BCUT2D eigenvalue weighted by atomic mass is 35.5. The van der Waals surface area contributed by atoms with E-state index < -0.39 is 18.6 Å². The third kappa shape index (κ3) is 6.33. The number of carboxylic acids is 1. The number of methoxy groups -OCH3 is 1. The van der Waals surface area contributed by atoms with Crippen LogP contribution in [0.2, 0.25) is 0 Å². The molecule has 0 bridgehead atoms. The van der Waals surface area contributed by atoms with E-state index >= 15 is 0 Å². The van der Waals surface area contributed by atoms with Gasteiger partial charge in [-0.3, -0.25) is 10.1 Å². The van der Waals surface area contributed by atoms with Crippen molar-refractivity contribution >= 4 is 18.4 Å². The van der Waals surface area contributed by atoms with Gasteiger partial charge in [-0.15, -0.1) is 12.4 Å². The third-order valence-electron chi connectivity index (χ3n) is 3.48. The summed E-state index contributed by atoms with van der Waals surface area (Å²) in [6.07, 6.45) is 1.19. The molecule has 0 aliphatic heterocycles. The molecule has 0 saturated carbocycles. The van der Waals surface area contributed by atoms with Gasteiger partial charge in [0.15, 0.2) is 11.5 Å². The predicted octanol–water partition coefficient (Wildman–Crippen LogP) is 3.11. The van der Waals surface area contributed by atoms with Gasteiger partial charge in [-0.1, -0.05) is 18.5 Å². The van der Waals surface area contributed by atoms with Gasteiger partial charge >= 0.3 is 12.6 Å². The molecule has 0 spiro atoms. The molecule has 0 fully saturated rings. The van der Waals surface area contributed by atoms with Crippen molar-refractivity contribution in [2.45, 2.75) is 39.0 Å². The van der Waals surface area contributed by atoms with Gasteiger partial charge in [-0.25, -0.2) is 0 Å². The number of rotatable bonds is 10. The average molecular weight is 408 g/mol. The number of hydrogen-bond acceptors (Lipinski definition) is 7. The zero-order chi connectivity index (χ0) is 19.1. The summed E-state index contributed by atoms with van der Waals surface area (Å²) >= 11 is 0. The summed E-state index contributed by atoms with van der Waals surface area (Å²) in [5.41, 5.74) is 0.474. The van der Waals surface area contributed by atoms with Crippen LogP contribution >= 0.6 is 12.4 Å². The Morgan fingerprint density at radius 3 is 2.70 bits per heavy atom. The van der Waals surface area contributed by atoms with Crippen LogP contribution in [0, 0.1) is 0 Å². The maximum absolute atomic E-state index is 12.4. The summed E-state index contributed by atoms with van der Waals surface area (Å²) in [4.78, 5) is 15.3. The standard InChI is InChI=1S/C16H19F2N3O5.ClH/c1-3-4-10(15(22)23)19-8-13-20-14(21-26-13)9-5-6-11(25-16(17)18)12(7-9)24-2;/h5-7,10,16,19H,3-4,8H2,1-2H3,(H,22,23);1H. The van der Waals surface area contributed by atoms with E-state index in [-0.39, 0.29) is 42.2 Å². The van der Waals surface area contributed by atoms with Gasteiger partial charge < -0.3 is 19.1 Å². The molecule has 0 amide bonds. The molecule has 2 N–H and O–H groups in total. The first-order valence-electron chi connectivity index (χ1n) is 7.86. The monoisotopic (exact) mass is 407 g/mol. The van der Waals surface area contributed by atoms with Crippen LogP contribution in [0.3, 0.4) is 0 Å². The Hall–Kier alpha value is -2.46. The van der Waals surface area contributed by atoms with E-state index in [0.717, 1.165) is 0 Å². The average Bonchev–Trinajstić information content (AvgIpc) is 3.07. The number of hydrogen-bond donors (Lipinski definition) is 2. The lowest BCUT2D eigenvalue weighted by Gasteiger charge is -2.11. The van der Waals surface area contributed by atoms with E-state index in [0.29, 0.717) is 18.4 Å². The van der Waals surface area contributed by atoms with Gasteiger partial charge in [0.1, 0.15) is 6.04 Å². The minimum Gasteiger partial charge on any atom is -0.493 e. The van der Waals surface area contributed by atoms with Crippen molar-refractivity contribution in [2.75, 3.05) is 7.11 Å². The molecule has 1 aromatic carbocycles. The fourth-order valence-electron chi connectivity index (χ4n) is 2.26. The van der Waals surface area contributed by atoms with Crippen molar-refractivity contribution in [1.29, 1.82) is 0 Å². The molecule has 0 aliphatic rings. The fourth-order valence-corrected chi connectivity index (χ4v) is 2.26. The fraction of sp³-hybridized carbons (Fsp3) is 0.438. The highest BCUT2D eigenvalue weighted by molar-refractivity contribution is 5.85. The highest BCUT2D eigenvalue weighted by Crippen LogP contribution is 2.32. The van der Waals surface area contributed by atoms with Crippen molar-refractivity contribution in [2.24, 2.45) is 0 Å². The number of carbonyl (C=O) groups is 1. The summed E-state index contributed by atoms with van der Waals surface area (Å²) in [7, 11) is 1.32. The number of aromatic nitrogens is 2. The minimum absolute atomic E-state index is 0. The van der Waals surface area contributed by atoms with E-state index in [1.54, 1.807) is 0 Å². The zero-order valence-electron chi connectivity index (χ0n) is 14.6. The van der Waals surface area contributed by atoms with Crippen LogP contribution in [0.15, 0.2) is 22.7 Å². The van der Waals surface area contributed by atoms with Crippen molar-refractivity contribution in [1.82, 2.24) is 15.5 Å². The highest BCUT2D eigenvalue weighted by Gasteiger charge is 2.18. The lowest BCUT2D eigenvalue weighted by atomic mass is 10.2. The quantitative estimate of drug-likeness (QED) is 0.618. The Kier molecular flexibility index (Phi) is 8.89. The van der Waals surface area contributed by atoms with Gasteiger partial charge in [0.25, 0.3) is 0 Å². The molecular weight excluding hydrogens is 388 g/mol. The molecule has 1 unspecified atom stereocenters. The number of benzene rings is 1. The maximum Gasteiger partial charge on any atom is 0.387 e. The molecule has 2 aromatic rings. The molecule has 1 heterocycles. The van der Waals surface area contributed by atoms with E-state index in [2.05, 4.69) is 20.2 Å². The van der Waals surface area contributed by atoms with E-state index in [1.807, 2.05) is 6.92 Å². The number of alkyl halides is 2. The minimum atomic E-state index is -2.97. The summed E-state index contributed by atoms with van der Waals surface area (Å²) in [5.74, 6) is -0.548. The first-order valence-corrected chi connectivity index (χ1v) is 7.86. The smallest absolute Gasteiger partial charge is 0.387 e. The second kappa shape index (κ2) is 10.6. The second-order valence-electron chi connectivity index (χ2n) is 5.32. The van der Waals surface area contributed by atoms with Gasteiger partial charge in [0, 0.05) is 5.56 Å². The first-order chi connectivity index (χ1) is 12.4. The largest absolute Gasteiger partial charge is 0.493 e. The molecule has 0 aliphatic carbocycles. The Morgan fingerprint density at radius 2 is 2.11 bits per heavy atom. The van der Waals surface area contributed by atoms with Crippen LogP contribution in [0.1, 0.15) is 25.7 Å². The van der Waals surface area contributed by atoms with Crippen molar-refractivity contribution in [3.05, 3.63) is 24.1 Å². The van der Waals surface area contributed by atoms with Gasteiger partial charge in [0.05, 0.1) is 13.7 Å². The Labute approximate surface area is 160 Å². The third-order valence-corrected chi connectivity index (χ3v) is 3.48. The Bertz CT molecular complexity index is 745. The molecule has 0 radical (unpaired) electrons. The lowest BCUT2D eigenvalue weighted by Crippen LogP contribution is -2.36. The van der Waals surface area contributed by atoms with Gasteiger partial charge in [-0.2, -0.15) is 13.8 Å². The van der Waals surface area contributed by atoms with E-state index in [9.17, 15) is 13.6 Å². The van der Waals surface area contributed by atoms with Crippen molar-refractivity contribution in [3.8, 4) is 22.9 Å². The van der Waals surface area contributed by atoms with Crippen LogP contribution in [-0.4, -0.2) is 41.0 Å². The molecule has 0 saturated heterocycles. The molecule has 2 rings (SSSR count). The Balaban J connectivity index is 0.00000364. The van der Waals surface area contributed by atoms with E-state index in [1.165, 1.54) is 25.3 Å². The van der Waals surface area contributed by atoms with Crippen LogP contribution in [0.25, 0.3) is 11.4 Å².